The van der Waals surface area contributed by atoms with Gasteiger partial charge in [0.05, 0.1) is 38.6 Å². The number of amides is 1. The fourth-order valence-electron chi connectivity index (χ4n) is 2.23. The molecule has 1 saturated heterocycles. The van der Waals surface area contributed by atoms with Gasteiger partial charge < -0.3 is 24.8 Å². The summed E-state index contributed by atoms with van der Waals surface area (Å²) in [6, 6.07) is 4.98. The average molecular weight is 294 g/mol. The van der Waals surface area contributed by atoms with Crippen molar-refractivity contribution in [1.29, 1.82) is 0 Å². The third-order valence-electron chi connectivity index (χ3n) is 3.30. The monoisotopic (exact) mass is 294 g/mol. The second-order valence-corrected chi connectivity index (χ2v) is 4.56. The highest BCUT2D eigenvalue weighted by Gasteiger charge is 2.31. The molecule has 0 aromatic heterocycles. The van der Waals surface area contributed by atoms with Gasteiger partial charge in [-0.3, -0.25) is 4.79 Å². The Balaban J connectivity index is 2.20. The lowest BCUT2D eigenvalue weighted by Crippen LogP contribution is -2.49. The van der Waals surface area contributed by atoms with E-state index in [-0.39, 0.29) is 19.1 Å². The number of ether oxygens (including phenoxy) is 3. The molecule has 0 spiro atoms. The minimum absolute atomic E-state index is 0.142. The second-order valence-electron chi connectivity index (χ2n) is 4.56. The van der Waals surface area contributed by atoms with Gasteiger partial charge in [-0.15, -0.1) is 0 Å². The van der Waals surface area contributed by atoms with Gasteiger partial charge in [0.15, 0.2) is 11.9 Å². The number of hydrogen-bond donors (Lipinski definition) is 1. The lowest BCUT2D eigenvalue weighted by atomic mass is 10.1. The molecule has 1 atom stereocenters. The molecule has 0 radical (unpaired) electrons. The van der Waals surface area contributed by atoms with Crippen molar-refractivity contribution in [3.05, 3.63) is 23.8 Å². The van der Waals surface area contributed by atoms with Crippen molar-refractivity contribution in [2.45, 2.75) is 6.10 Å². The summed E-state index contributed by atoms with van der Waals surface area (Å²) in [6.45, 7) is 0.809. The highest BCUT2D eigenvalue weighted by atomic mass is 16.6. The summed E-state index contributed by atoms with van der Waals surface area (Å²) >= 11 is 0. The number of rotatable bonds is 3. The molecule has 2 rings (SSSR count). The number of hydrogen-bond acceptors (Lipinski definition) is 6. The van der Waals surface area contributed by atoms with Gasteiger partial charge in [0.2, 0.25) is 0 Å². The molecule has 0 bridgehead atoms. The van der Waals surface area contributed by atoms with Crippen LogP contribution in [0, 0.1) is 0 Å². The maximum absolute atomic E-state index is 12.6. The first-order valence-electron chi connectivity index (χ1n) is 6.49. The minimum Gasteiger partial charge on any atom is -0.494 e. The van der Waals surface area contributed by atoms with Crippen LogP contribution in [0.1, 0.15) is 10.4 Å². The van der Waals surface area contributed by atoms with Crippen LogP contribution in [0.15, 0.2) is 18.2 Å². The predicted molar refractivity (Wildman–Crippen MR) is 75.1 cm³/mol. The number of nitrogen functional groups attached to an aromatic ring is 1. The van der Waals surface area contributed by atoms with Gasteiger partial charge in [0.25, 0.3) is 5.91 Å². The van der Waals surface area contributed by atoms with E-state index in [1.165, 1.54) is 19.1 Å². The number of esters is 1. The van der Waals surface area contributed by atoms with Gasteiger partial charge in [-0.1, -0.05) is 6.07 Å². The molecule has 1 amide bonds. The number of para-hydroxylation sites is 1. The minimum atomic E-state index is -0.764. The third kappa shape index (κ3) is 3.08. The van der Waals surface area contributed by atoms with E-state index in [1.807, 2.05) is 0 Å². The zero-order chi connectivity index (χ0) is 15.4. The summed E-state index contributed by atoms with van der Waals surface area (Å²) in [5.41, 5.74) is 6.56. The van der Waals surface area contributed by atoms with Crippen LogP contribution in [0.3, 0.4) is 0 Å². The van der Waals surface area contributed by atoms with Crippen LogP contribution in [0.25, 0.3) is 0 Å². The van der Waals surface area contributed by atoms with Gasteiger partial charge in [-0.05, 0) is 12.1 Å². The van der Waals surface area contributed by atoms with E-state index >= 15 is 0 Å². The molecule has 1 aliphatic rings. The van der Waals surface area contributed by atoms with Crippen LogP contribution < -0.4 is 10.5 Å². The standard InChI is InChI=1S/C14H18N2O5/c1-19-12-9(4-3-5-10(12)15)13(17)16-6-7-21-11(8-16)14(18)20-2/h3-5,11H,6-8,15H2,1-2H3. The van der Waals surface area contributed by atoms with E-state index in [1.54, 1.807) is 18.2 Å². The smallest absolute Gasteiger partial charge is 0.336 e. The molecule has 114 valence electrons. The zero-order valence-corrected chi connectivity index (χ0v) is 12.0. The highest BCUT2D eigenvalue weighted by molar-refractivity contribution is 5.99. The SMILES string of the molecule is COC(=O)C1CN(C(=O)c2cccc(N)c2OC)CCO1. The summed E-state index contributed by atoms with van der Waals surface area (Å²) in [7, 11) is 2.74. The molecule has 1 aliphatic heterocycles. The van der Waals surface area contributed by atoms with Crippen molar-refractivity contribution in [2.24, 2.45) is 0 Å². The molecule has 0 saturated carbocycles. The van der Waals surface area contributed by atoms with Crippen LogP contribution in [0.4, 0.5) is 5.69 Å². The Hall–Kier alpha value is -2.28. The molecule has 7 nitrogen and oxygen atoms in total. The Morgan fingerprint density at radius 2 is 2.14 bits per heavy atom. The second kappa shape index (κ2) is 6.45. The number of carbonyl (C=O) groups excluding carboxylic acids is 2. The quantitative estimate of drug-likeness (QED) is 0.636. The number of benzene rings is 1. The Kier molecular flexibility index (Phi) is 4.64. The van der Waals surface area contributed by atoms with Crippen molar-refractivity contribution in [1.82, 2.24) is 4.90 Å². The maximum Gasteiger partial charge on any atom is 0.336 e. The van der Waals surface area contributed by atoms with E-state index in [0.29, 0.717) is 23.5 Å². The molecule has 2 N–H and O–H groups in total. The van der Waals surface area contributed by atoms with Crippen molar-refractivity contribution < 1.29 is 23.8 Å². The topological polar surface area (TPSA) is 91.1 Å². The summed E-state index contributed by atoms with van der Waals surface area (Å²) in [5, 5.41) is 0. The van der Waals surface area contributed by atoms with E-state index in [0.717, 1.165) is 0 Å². The average Bonchev–Trinajstić information content (AvgIpc) is 2.53. The Morgan fingerprint density at radius 1 is 1.38 bits per heavy atom. The molecular weight excluding hydrogens is 276 g/mol. The van der Waals surface area contributed by atoms with Gasteiger partial charge in [-0.2, -0.15) is 0 Å². The lowest BCUT2D eigenvalue weighted by Gasteiger charge is -2.31. The largest absolute Gasteiger partial charge is 0.494 e. The van der Waals surface area contributed by atoms with Crippen LogP contribution >= 0.6 is 0 Å². The van der Waals surface area contributed by atoms with Gasteiger partial charge >= 0.3 is 5.97 Å². The first kappa shape index (κ1) is 15.1. The molecular formula is C14H18N2O5. The van der Waals surface area contributed by atoms with Gasteiger partial charge in [0, 0.05) is 6.54 Å². The van der Waals surface area contributed by atoms with Crippen molar-refractivity contribution in [2.75, 3.05) is 39.6 Å². The van der Waals surface area contributed by atoms with Gasteiger partial charge in [-0.25, -0.2) is 4.79 Å². The third-order valence-corrected chi connectivity index (χ3v) is 3.30. The molecule has 1 fully saturated rings. The molecule has 1 aromatic rings. The fraction of sp³-hybridized carbons (Fsp3) is 0.429. The first-order valence-corrected chi connectivity index (χ1v) is 6.49. The summed E-state index contributed by atoms with van der Waals surface area (Å²) < 4.78 is 15.1. The first-order chi connectivity index (χ1) is 10.1. The highest BCUT2D eigenvalue weighted by Crippen LogP contribution is 2.27. The maximum atomic E-state index is 12.6. The number of methoxy groups -OCH3 is 2. The number of morpholine rings is 1. The molecule has 1 aromatic carbocycles. The molecule has 1 unspecified atom stereocenters. The van der Waals surface area contributed by atoms with Gasteiger partial charge in [0.1, 0.15) is 0 Å². The van der Waals surface area contributed by atoms with Crippen molar-refractivity contribution in [3.63, 3.8) is 0 Å². The summed E-state index contributed by atoms with van der Waals surface area (Å²) in [5.74, 6) is -0.410. The van der Waals surface area contributed by atoms with E-state index in [9.17, 15) is 9.59 Å². The van der Waals surface area contributed by atoms with E-state index in [4.69, 9.17) is 15.2 Å². The normalized spacial score (nSPS) is 18.2. The molecule has 0 aliphatic carbocycles. The van der Waals surface area contributed by atoms with Crippen molar-refractivity contribution in [3.8, 4) is 5.75 Å². The number of nitrogens with zero attached hydrogens (tertiary/aromatic N) is 1. The lowest BCUT2D eigenvalue weighted by molar-refractivity contribution is -0.158. The van der Waals surface area contributed by atoms with Crippen LogP contribution in [-0.2, 0) is 14.3 Å². The molecule has 7 heteroatoms. The zero-order valence-electron chi connectivity index (χ0n) is 12.0. The Morgan fingerprint density at radius 3 is 2.81 bits per heavy atom. The number of anilines is 1. The molecule has 1 heterocycles. The number of nitrogens with two attached hydrogens (primary N) is 1. The van der Waals surface area contributed by atoms with Crippen molar-refractivity contribution >= 4 is 17.6 Å². The summed E-state index contributed by atoms with van der Waals surface area (Å²) in [6.07, 6.45) is -0.764. The van der Waals surface area contributed by atoms with Crippen LogP contribution in [0.2, 0.25) is 0 Å². The Labute approximate surface area is 122 Å². The predicted octanol–water partition coefficient (Wildman–Crippen LogP) is 0.291. The number of carbonyl (C=O) groups is 2. The van der Waals surface area contributed by atoms with Crippen LogP contribution in [-0.4, -0.2) is 56.8 Å². The van der Waals surface area contributed by atoms with E-state index < -0.39 is 12.1 Å². The fourth-order valence-corrected chi connectivity index (χ4v) is 2.23. The Bertz CT molecular complexity index is 546. The van der Waals surface area contributed by atoms with E-state index in [2.05, 4.69) is 4.74 Å². The van der Waals surface area contributed by atoms with Crippen LogP contribution in [0.5, 0.6) is 5.75 Å². The molecule has 21 heavy (non-hydrogen) atoms. The summed E-state index contributed by atoms with van der Waals surface area (Å²) in [4.78, 5) is 25.6.